The van der Waals surface area contributed by atoms with Gasteiger partial charge in [0.25, 0.3) is 5.91 Å². The van der Waals surface area contributed by atoms with E-state index in [4.69, 9.17) is 4.74 Å². The monoisotopic (exact) mass is 455 g/mol. The molecule has 150 valence electrons. The fraction of sp³-hybridized carbons (Fsp3) is 0.273. The molecule has 1 aliphatic rings. The minimum absolute atomic E-state index is 0.0303. The van der Waals surface area contributed by atoms with Gasteiger partial charge in [-0.15, -0.1) is 0 Å². The molecule has 2 heterocycles. The van der Waals surface area contributed by atoms with E-state index in [1.165, 1.54) is 5.56 Å². The number of halogens is 1. The second kappa shape index (κ2) is 7.91. The van der Waals surface area contributed by atoms with Crippen molar-refractivity contribution in [3.63, 3.8) is 0 Å². The van der Waals surface area contributed by atoms with Crippen LogP contribution in [0.1, 0.15) is 21.5 Å². The standard InChI is InChI=1S/C22H22BrN3O3/c1-24-21(27)13-26-12-18(17-10-15(23)6-7-19(17)26)22(28)25-9-8-16-14(11-25)4-3-5-20(16)29-2/h3-7,10,12H,8-9,11,13H2,1-2H3,(H,24,27). The first-order valence-corrected chi connectivity index (χ1v) is 10.2. The van der Waals surface area contributed by atoms with Gasteiger partial charge in [0, 0.05) is 47.3 Å². The number of methoxy groups -OCH3 is 1. The molecule has 0 atom stereocenters. The van der Waals surface area contributed by atoms with Crippen molar-refractivity contribution in [3.8, 4) is 5.75 Å². The molecule has 1 aromatic heterocycles. The molecule has 0 aliphatic carbocycles. The number of amides is 2. The van der Waals surface area contributed by atoms with Crippen LogP contribution in [-0.2, 0) is 24.3 Å². The molecule has 2 amide bonds. The van der Waals surface area contributed by atoms with Crippen molar-refractivity contribution < 1.29 is 14.3 Å². The van der Waals surface area contributed by atoms with E-state index in [0.717, 1.165) is 33.1 Å². The van der Waals surface area contributed by atoms with Crippen molar-refractivity contribution in [1.82, 2.24) is 14.8 Å². The quantitative estimate of drug-likeness (QED) is 0.655. The van der Waals surface area contributed by atoms with E-state index in [-0.39, 0.29) is 18.4 Å². The number of carbonyl (C=O) groups excluding carboxylic acids is 2. The molecular formula is C22H22BrN3O3. The SMILES string of the molecule is CNC(=O)Cn1cc(C(=O)N2CCc3c(cccc3OC)C2)c2cc(Br)ccc21. The summed E-state index contributed by atoms with van der Waals surface area (Å²) >= 11 is 3.50. The molecule has 0 fully saturated rings. The molecule has 0 radical (unpaired) electrons. The van der Waals surface area contributed by atoms with Gasteiger partial charge in [0.1, 0.15) is 12.3 Å². The molecule has 1 N–H and O–H groups in total. The van der Waals surface area contributed by atoms with E-state index in [0.29, 0.717) is 18.7 Å². The van der Waals surface area contributed by atoms with Crippen LogP contribution in [0.2, 0.25) is 0 Å². The van der Waals surface area contributed by atoms with Crippen molar-refractivity contribution in [2.75, 3.05) is 20.7 Å². The van der Waals surface area contributed by atoms with Crippen LogP contribution < -0.4 is 10.1 Å². The second-order valence-corrected chi connectivity index (χ2v) is 8.00. The van der Waals surface area contributed by atoms with E-state index < -0.39 is 0 Å². The van der Waals surface area contributed by atoms with Crippen molar-refractivity contribution in [3.05, 3.63) is 63.8 Å². The third-order valence-corrected chi connectivity index (χ3v) is 5.89. The van der Waals surface area contributed by atoms with E-state index in [1.807, 2.05) is 45.9 Å². The van der Waals surface area contributed by atoms with Gasteiger partial charge in [-0.2, -0.15) is 0 Å². The molecule has 6 nitrogen and oxygen atoms in total. The number of carbonyl (C=O) groups is 2. The molecule has 4 rings (SSSR count). The maximum absolute atomic E-state index is 13.4. The maximum atomic E-state index is 13.4. The zero-order chi connectivity index (χ0) is 20.5. The predicted molar refractivity (Wildman–Crippen MR) is 115 cm³/mol. The van der Waals surface area contributed by atoms with Gasteiger partial charge in [0.15, 0.2) is 0 Å². The van der Waals surface area contributed by atoms with Gasteiger partial charge >= 0.3 is 0 Å². The second-order valence-electron chi connectivity index (χ2n) is 7.08. The van der Waals surface area contributed by atoms with Gasteiger partial charge in [0.05, 0.1) is 12.7 Å². The summed E-state index contributed by atoms with van der Waals surface area (Å²) < 4.78 is 8.19. The molecule has 0 unspecified atom stereocenters. The molecule has 0 saturated heterocycles. The van der Waals surface area contributed by atoms with Crippen molar-refractivity contribution in [2.45, 2.75) is 19.5 Å². The topological polar surface area (TPSA) is 63.6 Å². The molecule has 0 spiro atoms. The molecule has 0 bridgehead atoms. The summed E-state index contributed by atoms with van der Waals surface area (Å²) in [6.45, 7) is 1.34. The van der Waals surface area contributed by atoms with E-state index in [9.17, 15) is 9.59 Å². The fourth-order valence-electron chi connectivity index (χ4n) is 3.91. The van der Waals surface area contributed by atoms with Gasteiger partial charge in [-0.05, 0) is 36.2 Å². The Morgan fingerprint density at radius 2 is 2.07 bits per heavy atom. The minimum atomic E-state index is -0.109. The largest absolute Gasteiger partial charge is 0.496 e. The Kier molecular flexibility index (Phi) is 5.32. The van der Waals surface area contributed by atoms with E-state index in [1.54, 1.807) is 20.4 Å². The summed E-state index contributed by atoms with van der Waals surface area (Å²) in [6.07, 6.45) is 2.54. The zero-order valence-electron chi connectivity index (χ0n) is 16.4. The predicted octanol–water partition coefficient (Wildman–Crippen LogP) is 3.36. The summed E-state index contributed by atoms with van der Waals surface area (Å²) in [7, 11) is 3.28. The Morgan fingerprint density at radius 1 is 1.24 bits per heavy atom. The Balaban J connectivity index is 1.70. The zero-order valence-corrected chi connectivity index (χ0v) is 18.0. The molecule has 29 heavy (non-hydrogen) atoms. The first-order chi connectivity index (χ1) is 14.0. The summed E-state index contributed by atoms with van der Waals surface area (Å²) in [4.78, 5) is 27.2. The number of aromatic nitrogens is 1. The lowest BCUT2D eigenvalue weighted by atomic mass is 9.98. The van der Waals surface area contributed by atoms with Crippen LogP contribution >= 0.6 is 15.9 Å². The number of likely N-dealkylation sites (N-methyl/N-ethyl adjacent to an activating group) is 1. The van der Waals surface area contributed by atoms with Crippen LogP contribution in [0.25, 0.3) is 10.9 Å². The van der Waals surface area contributed by atoms with Crippen LogP contribution in [0.4, 0.5) is 0 Å². The maximum Gasteiger partial charge on any atom is 0.256 e. The van der Waals surface area contributed by atoms with Gasteiger partial charge in [0.2, 0.25) is 5.91 Å². The number of nitrogens with one attached hydrogen (secondary N) is 1. The number of ether oxygens (including phenoxy) is 1. The number of hydrogen-bond acceptors (Lipinski definition) is 3. The summed E-state index contributed by atoms with van der Waals surface area (Å²) in [6, 6.07) is 11.7. The normalized spacial score (nSPS) is 13.3. The Labute approximate surface area is 177 Å². The number of fused-ring (bicyclic) bond motifs is 2. The first kappa shape index (κ1) is 19.5. The highest BCUT2D eigenvalue weighted by Gasteiger charge is 2.26. The summed E-state index contributed by atoms with van der Waals surface area (Å²) in [5.74, 6) is 0.737. The van der Waals surface area contributed by atoms with Crippen LogP contribution in [-0.4, -0.2) is 42.0 Å². The summed E-state index contributed by atoms with van der Waals surface area (Å²) in [5.41, 5.74) is 3.75. The smallest absolute Gasteiger partial charge is 0.256 e. The highest BCUT2D eigenvalue weighted by atomic mass is 79.9. The third-order valence-electron chi connectivity index (χ3n) is 5.40. The minimum Gasteiger partial charge on any atom is -0.496 e. The van der Waals surface area contributed by atoms with Gasteiger partial charge in [-0.1, -0.05) is 28.1 Å². The van der Waals surface area contributed by atoms with Crippen molar-refractivity contribution >= 4 is 38.6 Å². The fourth-order valence-corrected chi connectivity index (χ4v) is 4.27. The average Bonchev–Trinajstić information content (AvgIpc) is 3.09. The van der Waals surface area contributed by atoms with Crippen molar-refractivity contribution in [1.29, 1.82) is 0 Å². The highest BCUT2D eigenvalue weighted by molar-refractivity contribution is 9.10. The Bertz CT molecular complexity index is 1110. The molecule has 2 aromatic carbocycles. The molecule has 3 aromatic rings. The number of nitrogens with zero attached hydrogens (tertiary/aromatic N) is 2. The molecule has 0 saturated carbocycles. The van der Waals surface area contributed by atoms with Crippen LogP contribution in [0.3, 0.4) is 0 Å². The molecule has 7 heteroatoms. The average molecular weight is 456 g/mol. The molecule has 1 aliphatic heterocycles. The number of benzene rings is 2. The number of rotatable bonds is 4. The lowest BCUT2D eigenvalue weighted by Gasteiger charge is -2.29. The Hall–Kier alpha value is -2.80. The van der Waals surface area contributed by atoms with E-state index in [2.05, 4.69) is 21.2 Å². The Morgan fingerprint density at radius 3 is 2.83 bits per heavy atom. The van der Waals surface area contributed by atoms with E-state index >= 15 is 0 Å². The van der Waals surface area contributed by atoms with Crippen LogP contribution in [0.5, 0.6) is 5.75 Å². The van der Waals surface area contributed by atoms with Gasteiger partial charge in [-0.3, -0.25) is 9.59 Å². The number of hydrogen-bond donors (Lipinski definition) is 1. The lowest BCUT2D eigenvalue weighted by molar-refractivity contribution is -0.121. The highest BCUT2D eigenvalue weighted by Crippen LogP contribution is 2.31. The van der Waals surface area contributed by atoms with Crippen molar-refractivity contribution in [2.24, 2.45) is 0 Å². The van der Waals surface area contributed by atoms with Crippen LogP contribution in [0.15, 0.2) is 47.1 Å². The lowest BCUT2D eigenvalue weighted by Crippen LogP contribution is -2.36. The van der Waals surface area contributed by atoms with Gasteiger partial charge < -0.3 is 19.5 Å². The third kappa shape index (κ3) is 3.62. The van der Waals surface area contributed by atoms with Gasteiger partial charge in [-0.25, -0.2) is 0 Å². The van der Waals surface area contributed by atoms with Crippen LogP contribution in [0, 0.1) is 0 Å². The summed E-state index contributed by atoms with van der Waals surface area (Å²) in [5, 5.41) is 3.47. The first-order valence-electron chi connectivity index (χ1n) is 9.45. The molecular weight excluding hydrogens is 434 g/mol.